The van der Waals surface area contributed by atoms with E-state index in [1.54, 1.807) is 18.3 Å². The Morgan fingerprint density at radius 3 is 2.93 bits per heavy atom. The van der Waals surface area contributed by atoms with E-state index in [9.17, 15) is 5.11 Å². The first kappa shape index (κ1) is 9.89. The number of nitrogens with zero attached hydrogens (tertiary/aromatic N) is 1. The number of ether oxygens (including phenoxy) is 2. The molecule has 0 radical (unpaired) electrons. The third-order valence-electron chi connectivity index (χ3n) is 1.99. The van der Waals surface area contributed by atoms with Crippen LogP contribution >= 0.6 is 15.9 Å². The van der Waals surface area contributed by atoms with Gasteiger partial charge in [-0.3, -0.25) is 0 Å². The van der Waals surface area contributed by atoms with Crippen LogP contribution in [-0.4, -0.2) is 35.5 Å². The van der Waals surface area contributed by atoms with Crippen molar-refractivity contribution in [2.75, 3.05) is 13.2 Å². The van der Waals surface area contributed by atoms with Crippen LogP contribution in [0.5, 0.6) is 5.75 Å². The van der Waals surface area contributed by atoms with Crippen LogP contribution < -0.4 is 4.74 Å². The van der Waals surface area contributed by atoms with Crippen molar-refractivity contribution in [3.05, 3.63) is 22.9 Å². The summed E-state index contributed by atoms with van der Waals surface area (Å²) in [5.74, 6) is 0.641. The molecule has 0 aromatic carbocycles. The molecular formula is C9H10BrNO3. The van der Waals surface area contributed by atoms with Gasteiger partial charge < -0.3 is 14.6 Å². The Kier molecular flexibility index (Phi) is 3.00. The van der Waals surface area contributed by atoms with Crippen LogP contribution in [0.1, 0.15) is 0 Å². The van der Waals surface area contributed by atoms with Crippen molar-refractivity contribution in [1.82, 2.24) is 4.98 Å². The largest absolute Gasteiger partial charge is 0.484 e. The predicted octanol–water partition coefficient (Wildman–Crippen LogP) is 0.983. The van der Waals surface area contributed by atoms with Crippen molar-refractivity contribution in [2.45, 2.75) is 12.2 Å². The number of hydrogen-bond donors (Lipinski definition) is 1. The van der Waals surface area contributed by atoms with Crippen LogP contribution in [0.25, 0.3) is 0 Å². The fourth-order valence-corrected chi connectivity index (χ4v) is 1.48. The third-order valence-corrected chi connectivity index (χ3v) is 2.46. The molecule has 0 saturated carbocycles. The molecule has 1 N–H and O–H groups in total. The molecule has 1 fully saturated rings. The predicted molar refractivity (Wildman–Crippen MR) is 53.2 cm³/mol. The van der Waals surface area contributed by atoms with E-state index in [2.05, 4.69) is 20.9 Å². The molecule has 1 aromatic heterocycles. The second-order valence-corrected chi connectivity index (χ2v) is 3.89. The van der Waals surface area contributed by atoms with E-state index in [1.165, 1.54) is 0 Å². The third kappa shape index (κ3) is 2.23. The molecule has 1 saturated heterocycles. The fraction of sp³-hybridized carbons (Fsp3) is 0.444. The Morgan fingerprint density at radius 1 is 1.50 bits per heavy atom. The molecule has 0 spiro atoms. The molecule has 1 aliphatic rings. The van der Waals surface area contributed by atoms with Gasteiger partial charge in [0.15, 0.2) is 0 Å². The molecule has 2 atom stereocenters. The second kappa shape index (κ2) is 4.25. The SMILES string of the molecule is OC1COCC1Oc1ccc(Br)nc1. The topological polar surface area (TPSA) is 51.6 Å². The molecule has 2 heterocycles. The summed E-state index contributed by atoms with van der Waals surface area (Å²) in [7, 11) is 0. The molecular weight excluding hydrogens is 250 g/mol. The highest BCUT2D eigenvalue weighted by molar-refractivity contribution is 9.10. The van der Waals surface area contributed by atoms with Gasteiger partial charge in [-0.05, 0) is 28.1 Å². The van der Waals surface area contributed by atoms with Gasteiger partial charge in [-0.1, -0.05) is 0 Å². The molecule has 76 valence electrons. The van der Waals surface area contributed by atoms with Gasteiger partial charge in [0.1, 0.15) is 22.6 Å². The van der Waals surface area contributed by atoms with E-state index < -0.39 is 6.10 Å². The Balaban J connectivity index is 2.00. The monoisotopic (exact) mass is 259 g/mol. The number of aromatic nitrogens is 1. The smallest absolute Gasteiger partial charge is 0.150 e. The van der Waals surface area contributed by atoms with E-state index in [-0.39, 0.29) is 6.10 Å². The Morgan fingerprint density at radius 2 is 2.36 bits per heavy atom. The van der Waals surface area contributed by atoms with Crippen LogP contribution in [0.15, 0.2) is 22.9 Å². The highest BCUT2D eigenvalue weighted by Gasteiger charge is 2.27. The van der Waals surface area contributed by atoms with Gasteiger partial charge in [0.25, 0.3) is 0 Å². The summed E-state index contributed by atoms with van der Waals surface area (Å²) in [5, 5.41) is 9.43. The van der Waals surface area contributed by atoms with E-state index >= 15 is 0 Å². The number of aliphatic hydroxyl groups is 1. The molecule has 14 heavy (non-hydrogen) atoms. The van der Waals surface area contributed by atoms with Gasteiger partial charge in [-0.15, -0.1) is 0 Å². The van der Waals surface area contributed by atoms with Crippen molar-refractivity contribution >= 4 is 15.9 Å². The van der Waals surface area contributed by atoms with Crippen LogP contribution in [-0.2, 0) is 4.74 Å². The minimum Gasteiger partial charge on any atom is -0.484 e. The standard InChI is InChI=1S/C9H10BrNO3/c10-9-2-1-6(3-11-9)14-8-5-13-4-7(8)12/h1-3,7-8,12H,4-5H2. The molecule has 2 rings (SSSR count). The quantitative estimate of drug-likeness (QED) is 0.805. The maximum atomic E-state index is 9.43. The summed E-state index contributed by atoms with van der Waals surface area (Å²) in [4.78, 5) is 4.02. The van der Waals surface area contributed by atoms with Crippen molar-refractivity contribution in [1.29, 1.82) is 0 Å². The van der Waals surface area contributed by atoms with Gasteiger partial charge in [-0.25, -0.2) is 4.98 Å². The van der Waals surface area contributed by atoms with E-state index in [0.29, 0.717) is 19.0 Å². The fourth-order valence-electron chi connectivity index (χ4n) is 1.24. The summed E-state index contributed by atoms with van der Waals surface area (Å²) in [6.45, 7) is 0.770. The lowest BCUT2D eigenvalue weighted by Gasteiger charge is -2.14. The lowest BCUT2D eigenvalue weighted by atomic mass is 10.2. The summed E-state index contributed by atoms with van der Waals surface area (Å²) in [6.07, 6.45) is 0.784. The summed E-state index contributed by atoms with van der Waals surface area (Å²) in [5.41, 5.74) is 0. The Bertz CT molecular complexity index is 303. The first-order chi connectivity index (χ1) is 6.75. The Labute approximate surface area is 90.0 Å². The van der Waals surface area contributed by atoms with Crippen LogP contribution in [0.3, 0.4) is 0 Å². The molecule has 1 aromatic rings. The number of rotatable bonds is 2. The van der Waals surface area contributed by atoms with Crippen LogP contribution in [0.2, 0.25) is 0 Å². The molecule has 5 heteroatoms. The molecule has 4 nitrogen and oxygen atoms in total. The lowest BCUT2D eigenvalue weighted by molar-refractivity contribution is 0.0731. The second-order valence-electron chi connectivity index (χ2n) is 3.08. The van der Waals surface area contributed by atoms with E-state index in [0.717, 1.165) is 4.60 Å². The number of hydrogen-bond acceptors (Lipinski definition) is 4. The summed E-state index contributed by atoms with van der Waals surface area (Å²) < 4.78 is 11.3. The highest BCUT2D eigenvalue weighted by Crippen LogP contribution is 2.17. The zero-order chi connectivity index (χ0) is 9.97. The molecule has 2 unspecified atom stereocenters. The first-order valence-electron chi connectivity index (χ1n) is 4.30. The minimum absolute atomic E-state index is 0.280. The molecule has 0 bridgehead atoms. The zero-order valence-corrected chi connectivity index (χ0v) is 8.98. The minimum atomic E-state index is -0.543. The van der Waals surface area contributed by atoms with E-state index in [1.807, 2.05) is 0 Å². The van der Waals surface area contributed by atoms with Gasteiger partial charge in [0.05, 0.1) is 19.4 Å². The maximum Gasteiger partial charge on any atom is 0.150 e. The van der Waals surface area contributed by atoms with Crippen molar-refractivity contribution in [3.8, 4) is 5.75 Å². The zero-order valence-electron chi connectivity index (χ0n) is 7.39. The molecule has 0 amide bonds. The molecule has 1 aliphatic heterocycles. The summed E-state index contributed by atoms with van der Waals surface area (Å²) in [6, 6.07) is 3.58. The maximum absolute atomic E-state index is 9.43. The van der Waals surface area contributed by atoms with Crippen LogP contribution in [0, 0.1) is 0 Å². The van der Waals surface area contributed by atoms with Gasteiger partial charge in [0.2, 0.25) is 0 Å². The first-order valence-corrected chi connectivity index (χ1v) is 5.09. The number of aliphatic hydroxyl groups excluding tert-OH is 1. The van der Waals surface area contributed by atoms with Crippen molar-refractivity contribution in [3.63, 3.8) is 0 Å². The van der Waals surface area contributed by atoms with Gasteiger partial charge >= 0.3 is 0 Å². The van der Waals surface area contributed by atoms with Gasteiger partial charge in [0, 0.05) is 0 Å². The lowest BCUT2D eigenvalue weighted by Crippen LogP contribution is -2.29. The number of halogens is 1. The van der Waals surface area contributed by atoms with E-state index in [4.69, 9.17) is 9.47 Å². The summed E-state index contributed by atoms with van der Waals surface area (Å²) >= 11 is 3.23. The van der Waals surface area contributed by atoms with Crippen LogP contribution in [0.4, 0.5) is 0 Å². The number of pyridine rings is 1. The van der Waals surface area contributed by atoms with Crippen molar-refractivity contribution < 1.29 is 14.6 Å². The average Bonchev–Trinajstić information content (AvgIpc) is 2.56. The van der Waals surface area contributed by atoms with Crippen molar-refractivity contribution in [2.24, 2.45) is 0 Å². The normalized spacial score (nSPS) is 26.4. The molecule has 0 aliphatic carbocycles. The van der Waals surface area contributed by atoms with Gasteiger partial charge in [-0.2, -0.15) is 0 Å². The Hall–Kier alpha value is -0.650. The highest BCUT2D eigenvalue weighted by atomic mass is 79.9. The average molecular weight is 260 g/mol.